The first-order chi connectivity index (χ1) is 15.5. The Morgan fingerprint density at radius 1 is 0.875 bits per heavy atom. The van der Waals surface area contributed by atoms with Crippen LogP contribution in [-0.2, 0) is 24.0 Å². The lowest BCUT2D eigenvalue weighted by Gasteiger charge is -2.35. The zero-order valence-electron chi connectivity index (χ0n) is 19.4. The van der Waals surface area contributed by atoms with E-state index in [1.165, 1.54) is 45.4 Å². The molecule has 3 aromatic carbocycles. The van der Waals surface area contributed by atoms with E-state index in [1.54, 1.807) is 0 Å². The first-order valence-corrected chi connectivity index (χ1v) is 13.4. The molecule has 1 aromatic heterocycles. The van der Waals surface area contributed by atoms with Crippen LogP contribution in [0.2, 0.25) is 0 Å². The molecule has 0 bridgehead atoms. The van der Waals surface area contributed by atoms with Crippen molar-refractivity contribution in [2.75, 3.05) is 0 Å². The summed E-state index contributed by atoms with van der Waals surface area (Å²) in [5, 5.41) is 4.02. The number of benzene rings is 3. The van der Waals surface area contributed by atoms with Gasteiger partial charge < -0.3 is 8.99 Å². The summed E-state index contributed by atoms with van der Waals surface area (Å²) in [5.74, 6) is 0.743. The number of aryl methyl sites for hydroxylation is 1. The van der Waals surface area contributed by atoms with E-state index >= 15 is 0 Å². The van der Waals surface area contributed by atoms with Gasteiger partial charge in [-0.3, -0.25) is 0 Å². The Morgan fingerprint density at radius 2 is 1.53 bits per heavy atom. The van der Waals surface area contributed by atoms with E-state index < -0.39 is 9.04 Å². The summed E-state index contributed by atoms with van der Waals surface area (Å²) in [6.07, 6.45) is 2.43. The summed E-state index contributed by atoms with van der Waals surface area (Å²) < 4.78 is 9.29. The molecule has 0 N–H and O–H groups in total. The Hall–Kier alpha value is -2.62. The summed E-state index contributed by atoms with van der Waals surface area (Å²) >= 11 is 0. The van der Waals surface area contributed by atoms with Crippen LogP contribution in [0.3, 0.4) is 0 Å². The lowest BCUT2D eigenvalue weighted by molar-refractivity contribution is 0.197. The van der Waals surface area contributed by atoms with Crippen LogP contribution in [-0.4, -0.2) is 13.6 Å². The molecule has 2 nitrogen and oxygen atoms in total. The van der Waals surface area contributed by atoms with Crippen LogP contribution in [0.1, 0.15) is 38.4 Å². The van der Waals surface area contributed by atoms with Crippen LogP contribution in [0.5, 0.6) is 0 Å². The van der Waals surface area contributed by atoms with E-state index in [9.17, 15) is 0 Å². The molecule has 4 aromatic rings. The molecule has 5 rings (SSSR count). The van der Waals surface area contributed by atoms with E-state index in [0.717, 1.165) is 12.5 Å². The van der Waals surface area contributed by atoms with E-state index in [0.29, 0.717) is 12.0 Å². The van der Waals surface area contributed by atoms with Crippen molar-refractivity contribution in [1.82, 2.24) is 4.57 Å². The third-order valence-corrected chi connectivity index (χ3v) is 9.59. The molecule has 0 fully saturated rings. The summed E-state index contributed by atoms with van der Waals surface area (Å²) in [7, 11) is -1.75. The minimum Gasteiger partial charge on any atom is -0.407 e. The molecule has 1 aliphatic rings. The second kappa shape index (κ2) is 8.72. The number of hydrogen-bond donors (Lipinski definition) is 0. The van der Waals surface area contributed by atoms with E-state index in [2.05, 4.69) is 110 Å². The fraction of sp³-hybridized carbons (Fsp3) is 0.310. The molecule has 0 saturated carbocycles. The molecule has 1 atom stereocenters. The average Bonchev–Trinajstić information content (AvgIpc) is 3.19. The van der Waals surface area contributed by atoms with Crippen LogP contribution in [0.15, 0.2) is 84.9 Å². The Bertz CT molecular complexity index is 1150. The molecule has 3 heteroatoms. The van der Waals surface area contributed by atoms with Gasteiger partial charge in [0.15, 0.2) is 0 Å². The maximum absolute atomic E-state index is 6.75. The molecule has 2 heterocycles. The molecule has 1 aliphatic heterocycles. The van der Waals surface area contributed by atoms with Crippen molar-refractivity contribution in [2.24, 2.45) is 11.3 Å². The van der Waals surface area contributed by atoms with Crippen molar-refractivity contribution < 1.29 is 4.43 Å². The maximum atomic E-state index is 6.75. The van der Waals surface area contributed by atoms with E-state index in [4.69, 9.17) is 4.43 Å². The average molecular weight is 440 g/mol. The number of hydrogen-bond acceptors (Lipinski definition) is 1. The highest BCUT2D eigenvalue weighted by atomic mass is 28.3. The van der Waals surface area contributed by atoms with Crippen molar-refractivity contribution >= 4 is 30.3 Å². The summed E-state index contributed by atoms with van der Waals surface area (Å²) in [5.41, 5.74) is 4.52. The Morgan fingerprint density at radius 3 is 2.16 bits per heavy atom. The van der Waals surface area contributed by atoms with Gasteiger partial charge in [0, 0.05) is 23.1 Å². The zero-order valence-corrected chi connectivity index (χ0v) is 20.6. The first kappa shape index (κ1) is 21.2. The topological polar surface area (TPSA) is 14.2 Å². The monoisotopic (exact) mass is 439 g/mol. The Balaban J connectivity index is 1.45. The number of fused-ring (bicyclic) bond motifs is 3. The standard InChI is InChI=1S/C29H33NOSi/c1-29(2,3)23-17-18-30-24(19-23)20-27-22(11-10-16-28(27)30)21-31-32(25-12-6-4-7-13-25)26-14-8-5-9-15-26/h4-16,20,23,32H,17-19,21H2,1-3H3. The van der Waals surface area contributed by atoms with Crippen molar-refractivity contribution in [2.45, 2.75) is 46.8 Å². The lowest BCUT2D eigenvalue weighted by atomic mass is 9.75. The fourth-order valence-electron chi connectivity index (χ4n) is 5.15. The minimum atomic E-state index is -1.75. The van der Waals surface area contributed by atoms with Gasteiger partial charge in [-0.05, 0) is 52.2 Å². The molecule has 0 spiro atoms. The van der Waals surface area contributed by atoms with Crippen molar-refractivity contribution in [3.8, 4) is 0 Å². The van der Waals surface area contributed by atoms with E-state index in [-0.39, 0.29) is 0 Å². The molecular formula is C29H33NOSi. The molecule has 0 saturated heterocycles. The fourth-order valence-corrected chi connectivity index (χ4v) is 7.41. The predicted molar refractivity (Wildman–Crippen MR) is 137 cm³/mol. The van der Waals surface area contributed by atoms with Crippen molar-refractivity contribution in [3.63, 3.8) is 0 Å². The van der Waals surface area contributed by atoms with Gasteiger partial charge >= 0.3 is 0 Å². The van der Waals surface area contributed by atoms with Gasteiger partial charge in [0.05, 0.1) is 6.61 Å². The van der Waals surface area contributed by atoms with Crippen LogP contribution in [0.4, 0.5) is 0 Å². The van der Waals surface area contributed by atoms with Gasteiger partial charge in [-0.2, -0.15) is 0 Å². The third-order valence-electron chi connectivity index (χ3n) is 7.11. The van der Waals surface area contributed by atoms with Crippen LogP contribution in [0, 0.1) is 11.3 Å². The minimum absolute atomic E-state index is 0.359. The quantitative estimate of drug-likeness (QED) is 0.385. The largest absolute Gasteiger partial charge is 0.407 e. The van der Waals surface area contributed by atoms with Gasteiger partial charge in [0.2, 0.25) is 9.04 Å². The SMILES string of the molecule is CC(C)(C)C1CCn2c(cc3c(CO[SiH](c4ccccc4)c4ccccc4)cccc32)C1. The van der Waals surface area contributed by atoms with Gasteiger partial charge in [0.25, 0.3) is 0 Å². The highest BCUT2D eigenvalue weighted by Crippen LogP contribution is 2.38. The Labute approximate surface area is 193 Å². The maximum Gasteiger partial charge on any atom is 0.240 e. The van der Waals surface area contributed by atoms with Crippen molar-refractivity contribution in [3.05, 3.63) is 96.2 Å². The zero-order chi connectivity index (χ0) is 22.1. The van der Waals surface area contributed by atoms with E-state index in [1.807, 2.05) is 0 Å². The number of rotatable bonds is 5. The van der Waals surface area contributed by atoms with Gasteiger partial charge in [0.1, 0.15) is 0 Å². The second-order valence-corrected chi connectivity index (χ2v) is 12.6. The van der Waals surface area contributed by atoms with Crippen LogP contribution < -0.4 is 10.4 Å². The van der Waals surface area contributed by atoms with Crippen LogP contribution in [0.25, 0.3) is 10.9 Å². The number of aromatic nitrogens is 1. The molecule has 164 valence electrons. The summed E-state index contributed by atoms with van der Waals surface area (Å²) in [6.45, 7) is 8.92. The van der Waals surface area contributed by atoms with Gasteiger partial charge in [-0.1, -0.05) is 93.6 Å². The number of nitrogens with zero attached hydrogens (tertiary/aromatic N) is 1. The first-order valence-electron chi connectivity index (χ1n) is 11.8. The highest BCUT2D eigenvalue weighted by molar-refractivity contribution is 6.80. The Kier molecular flexibility index (Phi) is 5.79. The molecular weight excluding hydrogens is 406 g/mol. The van der Waals surface area contributed by atoms with Crippen LogP contribution >= 0.6 is 0 Å². The van der Waals surface area contributed by atoms with Gasteiger partial charge in [-0.15, -0.1) is 0 Å². The summed E-state index contributed by atoms with van der Waals surface area (Å²) in [6, 6.07) is 30.7. The smallest absolute Gasteiger partial charge is 0.240 e. The predicted octanol–water partition coefficient (Wildman–Crippen LogP) is 5.30. The van der Waals surface area contributed by atoms with Crippen molar-refractivity contribution in [1.29, 1.82) is 0 Å². The summed E-state index contributed by atoms with van der Waals surface area (Å²) in [4.78, 5) is 0. The molecule has 0 aliphatic carbocycles. The third kappa shape index (κ3) is 4.20. The second-order valence-electron chi connectivity index (χ2n) is 10.2. The molecule has 0 amide bonds. The molecule has 1 unspecified atom stereocenters. The normalized spacial score (nSPS) is 16.4. The highest BCUT2D eigenvalue weighted by Gasteiger charge is 2.30. The molecule has 0 radical (unpaired) electrons. The van der Waals surface area contributed by atoms with Gasteiger partial charge in [-0.25, -0.2) is 0 Å². The lowest BCUT2D eigenvalue weighted by Crippen LogP contribution is -2.44. The molecule has 32 heavy (non-hydrogen) atoms.